The molecule has 0 aliphatic carbocycles. The van der Waals surface area contributed by atoms with Crippen molar-refractivity contribution in [1.29, 1.82) is 0 Å². The molecular formula is CrO4Sn. The number of hydrogen-bond donors (Lipinski definition) is 0. The molecule has 2 radical (unpaired) electrons. The Morgan fingerprint density at radius 3 is 1.17 bits per heavy atom. The van der Waals surface area contributed by atoms with Crippen molar-refractivity contribution in [1.82, 2.24) is 0 Å². The zero-order chi connectivity index (χ0) is 4.50. The predicted octanol–water partition coefficient (Wildman–Crippen LogP) is -3.00. The molecule has 0 aromatic rings. The van der Waals surface area contributed by atoms with Crippen molar-refractivity contribution >= 4 is 23.9 Å². The average molecular weight is 235 g/mol. The quantitative estimate of drug-likeness (QED) is 0.419. The van der Waals surface area contributed by atoms with Gasteiger partial charge in [-0.3, -0.25) is 0 Å². The van der Waals surface area contributed by atoms with Crippen LogP contribution in [-0.4, -0.2) is 23.9 Å². The Kier molecular flexibility index (Phi) is 4.87. The Morgan fingerprint density at radius 2 is 1.17 bits per heavy atom. The summed E-state index contributed by atoms with van der Waals surface area (Å²) in [6, 6.07) is 0. The van der Waals surface area contributed by atoms with Gasteiger partial charge in [-0.15, -0.1) is 0 Å². The molecule has 0 aromatic heterocycles. The second-order valence-corrected chi connectivity index (χ2v) is 1.68. The van der Waals surface area contributed by atoms with E-state index < -0.39 is 13.6 Å². The second-order valence-electron chi connectivity index (χ2n) is 0.408. The van der Waals surface area contributed by atoms with Gasteiger partial charge in [0.25, 0.3) is 0 Å². The first-order chi connectivity index (χ1) is 2.00. The number of hydrogen-bond acceptors (Lipinski definition) is 4. The molecule has 34 valence electrons. The third-order valence-corrected chi connectivity index (χ3v) is 0. The molecule has 0 aromatic carbocycles. The summed E-state index contributed by atoms with van der Waals surface area (Å²) in [7, 11) is 0. The average Bonchev–Trinajstić information content (AvgIpc) is 0.722. The van der Waals surface area contributed by atoms with Crippen LogP contribution in [-0.2, 0) is 21.2 Å². The standard InChI is InChI=1S/Cr.4O.Sn/q;;;2*-1;+2. The maximum Gasteiger partial charge on any atom is 2.00 e. The van der Waals surface area contributed by atoms with Crippen LogP contribution in [0.2, 0.25) is 0 Å². The van der Waals surface area contributed by atoms with Crippen molar-refractivity contribution in [3.63, 3.8) is 0 Å². The summed E-state index contributed by atoms with van der Waals surface area (Å²) in [5.74, 6) is 0. The van der Waals surface area contributed by atoms with Crippen LogP contribution >= 0.6 is 0 Å². The molecule has 0 aliphatic heterocycles. The van der Waals surface area contributed by atoms with E-state index in [1.165, 1.54) is 0 Å². The van der Waals surface area contributed by atoms with E-state index in [1.54, 1.807) is 0 Å². The molecule has 0 saturated carbocycles. The normalized spacial score (nSPS) is 9.67. The molecule has 0 amide bonds. The molecule has 0 unspecified atom stereocenters. The van der Waals surface area contributed by atoms with Crippen molar-refractivity contribution in [2.24, 2.45) is 0 Å². The summed E-state index contributed by atoms with van der Waals surface area (Å²) < 4.78 is 34.4. The molecule has 0 rings (SSSR count). The second kappa shape index (κ2) is 2.93. The smallest absolute Gasteiger partial charge is 2.00 e. The summed E-state index contributed by atoms with van der Waals surface area (Å²) in [5.41, 5.74) is 0. The zero-order valence-corrected chi connectivity index (χ0v) is 6.67. The van der Waals surface area contributed by atoms with Crippen molar-refractivity contribution in [3.05, 3.63) is 0 Å². The Hall–Kier alpha value is 0.851. The van der Waals surface area contributed by atoms with Gasteiger partial charge in [0.05, 0.1) is 0 Å². The van der Waals surface area contributed by atoms with Crippen LogP contribution in [0.1, 0.15) is 0 Å². The first kappa shape index (κ1) is 9.97. The van der Waals surface area contributed by atoms with Gasteiger partial charge in [-0.1, -0.05) is 0 Å². The molecular weight excluding hydrogens is 235 g/mol. The Labute approximate surface area is 53.5 Å². The van der Waals surface area contributed by atoms with Crippen LogP contribution in [0.15, 0.2) is 0 Å². The maximum atomic E-state index is 8.59. The van der Waals surface area contributed by atoms with E-state index in [9.17, 15) is 0 Å². The van der Waals surface area contributed by atoms with E-state index in [4.69, 9.17) is 15.9 Å². The van der Waals surface area contributed by atoms with Crippen molar-refractivity contribution in [3.8, 4) is 0 Å². The van der Waals surface area contributed by atoms with E-state index >= 15 is 0 Å². The maximum absolute atomic E-state index is 8.59. The third-order valence-electron chi connectivity index (χ3n) is 0. The molecule has 0 atom stereocenters. The van der Waals surface area contributed by atoms with Gasteiger partial charge in [-0.05, 0) is 0 Å². The van der Waals surface area contributed by atoms with Gasteiger partial charge in [-0.25, -0.2) is 0 Å². The van der Waals surface area contributed by atoms with Gasteiger partial charge < -0.3 is 0 Å². The third kappa shape index (κ3) is 99.3. The minimum Gasteiger partial charge on any atom is 2.00 e. The van der Waals surface area contributed by atoms with Crippen LogP contribution in [0.4, 0.5) is 0 Å². The van der Waals surface area contributed by atoms with Gasteiger partial charge in [-0.2, -0.15) is 0 Å². The van der Waals surface area contributed by atoms with E-state index in [-0.39, 0.29) is 23.9 Å². The monoisotopic (exact) mass is 236 g/mol. The fourth-order valence-corrected chi connectivity index (χ4v) is 0. The Morgan fingerprint density at radius 1 is 1.17 bits per heavy atom. The van der Waals surface area contributed by atoms with Crippen LogP contribution in [0.3, 0.4) is 0 Å². The molecule has 0 spiro atoms. The van der Waals surface area contributed by atoms with Gasteiger partial charge >= 0.3 is 53.4 Å². The van der Waals surface area contributed by atoms with Gasteiger partial charge in [0.1, 0.15) is 0 Å². The predicted molar refractivity (Wildman–Crippen MR) is 7.13 cm³/mol. The summed E-state index contributed by atoms with van der Waals surface area (Å²) in [4.78, 5) is 0. The van der Waals surface area contributed by atoms with Gasteiger partial charge in [0, 0.05) is 0 Å². The molecule has 0 heterocycles. The van der Waals surface area contributed by atoms with Crippen LogP contribution in [0.5, 0.6) is 0 Å². The minimum absolute atomic E-state index is 0. The van der Waals surface area contributed by atoms with Crippen LogP contribution in [0, 0.1) is 0 Å². The molecule has 0 fully saturated rings. The molecule has 0 aliphatic rings. The molecule has 0 bridgehead atoms. The molecule has 0 saturated heterocycles. The summed E-state index contributed by atoms with van der Waals surface area (Å²) >= 11 is -5.75. The molecule has 0 N–H and O–H groups in total. The van der Waals surface area contributed by atoms with Crippen molar-refractivity contribution < 1.29 is 29.5 Å². The first-order valence-corrected chi connectivity index (χ1v) is 2.75. The summed E-state index contributed by atoms with van der Waals surface area (Å²) in [6.07, 6.45) is 0. The van der Waals surface area contributed by atoms with Crippen LogP contribution < -0.4 is 8.32 Å². The van der Waals surface area contributed by atoms with E-state index in [1.807, 2.05) is 0 Å². The SMILES string of the molecule is [O]=[Cr](=[O])([O-])[O-].[Sn+2]. The molecule has 4 nitrogen and oxygen atoms in total. The van der Waals surface area contributed by atoms with Crippen molar-refractivity contribution in [2.75, 3.05) is 0 Å². The molecule has 6 heavy (non-hydrogen) atoms. The summed E-state index contributed by atoms with van der Waals surface area (Å²) in [5, 5.41) is 0. The fourth-order valence-electron chi connectivity index (χ4n) is 0. The zero-order valence-electron chi connectivity index (χ0n) is 2.54. The van der Waals surface area contributed by atoms with Gasteiger partial charge in [0.15, 0.2) is 0 Å². The summed E-state index contributed by atoms with van der Waals surface area (Å²) in [6.45, 7) is 0. The molecule has 6 heteroatoms. The first-order valence-electron chi connectivity index (χ1n) is 0.667. The number of rotatable bonds is 0. The van der Waals surface area contributed by atoms with E-state index in [0.29, 0.717) is 0 Å². The van der Waals surface area contributed by atoms with E-state index in [2.05, 4.69) is 0 Å². The van der Waals surface area contributed by atoms with Crippen LogP contribution in [0.25, 0.3) is 0 Å². The van der Waals surface area contributed by atoms with Gasteiger partial charge in [0.2, 0.25) is 0 Å². The minimum atomic E-state index is -5.75. The van der Waals surface area contributed by atoms with Crippen molar-refractivity contribution in [2.45, 2.75) is 0 Å². The Bertz CT molecular complexity index is 90.7. The fraction of sp³-hybridized carbons (Fsp3) is 0. The largest absolute Gasteiger partial charge is 2.00 e. The Balaban J connectivity index is 0. The van der Waals surface area contributed by atoms with E-state index in [0.717, 1.165) is 0 Å². The topological polar surface area (TPSA) is 80.3 Å².